The first kappa shape index (κ1) is 23.9. The molecule has 2 aliphatic heterocycles. The van der Waals surface area contributed by atoms with Crippen molar-refractivity contribution in [1.82, 2.24) is 15.3 Å². The van der Waals surface area contributed by atoms with Crippen molar-refractivity contribution in [2.45, 2.75) is 32.0 Å². The standard InChI is InChI=1S/C27H30N4O5/c1-33-20-6-3-5-18(13-20)17-36-26-23(25(32)28-15-22-7-4-12-35-22)16-29-27(30-26)31-11-10-19-14-21(34-2)8-9-24(19)31/h3,5-6,8-9,13-14,16,22H,4,7,10-12,15,17H2,1-2H3,(H,28,32). The van der Waals surface area contributed by atoms with Crippen LogP contribution >= 0.6 is 0 Å². The van der Waals surface area contributed by atoms with Gasteiger partial charge in [-0.25, -0.2) is 4.98 Å². The number of hydrogen-bond acceptors (Lipinski definition) is 8. The molecular formula is C27H30N4O5. The van der Waals surface area contributed by atoms with E-state index in [1.165, 1.54) is 6.20 Å². The van der Waals surface area contributed by atoms with Crippen LogP contribution in [0.2, 0.25) is 0 Å². The quantitative estimate of drug-likeness (QED) is 0.486. The number of ether oxygens (including phenoxy) is 4. The number of carbonyl (C=O) groups excluding carboxylic acids is 1. The van der Waals surface area contributed by atoms with Crippen molar-refractivity contribution in [3.8, 4) is 17.4 Å². The molecule has 9 nitrogen and oxygen atoms in total. The predicted octanol–water partition coefficient (Wildman–Crippen LogP) is 3.68. The van der Waals surface area contributed by atoms with Crippen LogP contribution in [0, 0.1) is 0 Å². The molecule has 1 aromatic heterocycles. The molecule has 1 saturated heterocycles. The van der Waals surface area contributed by atoms with E-state index in [9.17, 15) is 4.79 Å². The Bertz CT molecular complexity index is 1230. The molecule has 0 spiro atoms. The second-order valence-corrected chi connectivity index (χ2v) is 8.77. The molecule has 188 valence electrons. The molecular weight excluding hydrogens is 460 g/mol. The second kappa shape index (κ2) is 10.8. The van der Waals surface area contributed by atoms with Gasteiger partial charge in [-0.1, -0.05) is 12.1 Å². The van der Waals surface area contributed by atoms with Crippen LogP contribution in [0.4, 0.5) is 11.6 Å². The van der Waals surface area contributed by atoms with Crippen LogP contribution in [0.1, 0.15) is 34.3 Å². The van der Waals surface area contributed by atoms with E-state index in [1.807, 2.05) is 47.4 Å². The molecule has 1 unspecified atom stereocenters. The van der Waals surface area contributed by atoms with Gasteiger partial charge >= 0.3 is 0 Å². The average Bonchev–Trinajstić information content (AvgIpc) is 3.60. The Balaban J connectivity index is 1.40. The Morgan fingerprint density at radius 1 is 1.17 bits per heavy atom. The third-order valence-electron chi connectivity index (χ3n) is 6.43. The number of nitrogens with one attached hydrogen (secondary N) is 1. The zero-order valence-electron chi connectivity index (χ0n) is 20.5. The lowest BCUT2D eigenvalue weighted by molar-refractivity contribution is 0.0853. The first-order valence-electron chi connectivity index (χ1n) is 12.1. The van der Waals surface area contributed by atoms with Gasteiger partial charge in [0.25, 0.3) is 5.91 Å². The topological polar surface area (TPSA) is 95.0 Å². The Morgan fingerprint density at radius 3 is 2.83 bits per heavy atom. The number of anilines is 2. The molecule has 1 amide bonds. The number of rotatable bonds is 9. The SMILES string of the molecule is COc1cccc(COc2nc(N3CCc4cc(OC)ccc43)ncc2C(=O)NCC2CCCO2)c1. The van der Waals surface area contributed by atoms with Crippen LogP contribution in [0.5, 0.6) is 17.4 Å². The summed E-state index contributed by atoms with van der Waals surface area (Å²) in [4.78, 5) is 24.3. The maximum atomic E-state index is 13.1. The summed E-state index contributed by atoms with van der Waals surface area (Å²) in [6.45, 7) is 2.13. The Labute approximate surface area is 210 Å². The molecule has 3 aromatic rings. The third kappa shape index (κ3) is 5.21. The summed E-state index contributed by atoms with van der Waals surface area (Å²) in [5.41, 5.74) is 3.37. The highest BCUT2D eigenvalue weighted by Gasteiger charge is 2.26. The molecule has 2 aromatic carbocycles. The van der Waals surface area contributed by atoms with Crippen molar-refractivity contribution in [3.63, 3.8) is 0 Å². The number of hydrogen-bond donors (Lipinski definition) is 1. The summed E-state index contributed by atoms with van der Waals surface area (Å²) in [5.74, 6) is 1.98. The summed E-state index contributed by atoms with van der Waals surface area (Å²) in [7, 11) is 3.28. The minimum absolute atomic E-state index is 0.0355. The Kier molecular flexibility index (Phi) is 7.18. The number of aromatic nitrogens is 2. The lowest BCUT2D eigenvalue weighted by atomic mass is 10.1. The van der Waals surface area contributed by atoms with Gasteiger partial charge in [0.2, 0.25) is 11.8 Å². The van der Waals surface area contributed by atoms with E-state index < -0.39 is 0 Å². The summed E-state index contributed by atoms with van der Waals surface area (Å²) in [5, 5.41) is 2.94. The van der Waals surface area contributed by atoms with Crippen molar-refractivity contribution in [3.05, 3.63) is 65.4 Å². The number of fused-ring (bicyclic) bond motifs is 1. The van der Waals surface area contributed by atoms with Crippen LogP contribution in [0.25, 0.3) is 0 Å². The van der Waals surface area contributed by atoms with Crippen molar-refractivity contribution in [2.24, 2.45) is 0 Å². The minimum atomic E-state index is -0.288. The highest BCUT2D eigenvalue weighted by molar-refractivity contribution is 5.96. The van der Waals surface area contributed by atoms with E-state index in [0.717, 1.165) is 60.7 Å². The van der Waals surface area contributed by atoms with Crippen molar-refractivity contribution < 1.29 is 23.7 Å². The van der Waals surface area contributed by atoms with Gasteiger partial charge in [-0.2, -0.15) is 4.98 Å². The van der Waals surface area contributed by atoms with E-state index in [0.29, 0.717) is 12.5 Å². The van der Waals surface area contributed by atoms with Crippen LogP contribution in [0.15, 0.2) is 48.7 Å². The molecule has 36 heavy (non-hydrogen) atoms. The Hall–Kier alpha value is -3.85. The zero-order chi connectivity index (χ0) is 24.9. The number of carbonyl (C=O) groups is 1. The lowest BCUT2D eigenvalue weighted by Gasteiger charge is -2.19. The summed E-state index contributed by atoms with van der Waals surface area (Å²) < 4.78 is 22.4. The first-order valence-corrected chi connectivity index (χ1v) is 12.1. The molecule has 5 rings (SSSR count). The first-order chi connectivity index (χ1) is 17.6. The monoisotopic (exact) mass is 490 g/mol. The van der Waals surface area contributed by atoms with Crippen LogP contribution in [0.3, 0.4) is 0 Å². The molecule has 0 aliphatic carbocycles. The van der Waals surface area contributed by atoms with E-state index in [-0.39, 0.29) is 30.1 Å². The number of nitrogens with zero attached hydrogens (tertiary/aromatic N) is 3. The van der Waals surface area contributed by atoms with Gasteiger partial charge in [-0.05, 0) is 60.7 Å². The number of benzene rings is 2. The molecule has 0 radical (unpaired) electrons. The van der Waals surface area contributed by atoms with Gasteiger partial charge in [0, 0.05) is 31.6 Å². The highest BCUT2D eigenvalue weighted by Crippen LogP contribution is 2.36. The van der Waals surface area contributed by atoms with E-state index >= 15 is 0 Å². The van der Waals surface area contributed by atoms with Gasteiger partial charge < -0.3 is 29.2 Å². The molecule has 0 bridgehead atoms. The van der Waals surface area contributed by atoms with Crippen molar-refractivity contribution in [1.29, 1.82) is 0 Å². The Morgan fingerprint density at radius 2 is 2.03 bits per heavy atom. The third-order valence-corrected chi connectivity index (χ3v) is 6.43. The molecule has 1 fully saturated rings. The minimum Gasteiger partial charge on any atom is -0.497 e. The van der Waals surface area contributed by atoms with Crippen LogP contribution in [-0.4, -0.2) is 55.9 Å². The van der Waals surface area contributed by atoms with Crippen LogP contribution in [-0.2, 0) is 17.8 Å². The predicted molar refractivity (Wildman–Crippen MR) is 134 cm³/mol. The molecule has 9 heteroatoms. The zero-order valence-corrected chi connectivity index (χ0v) is 20.5. The van der Waals surface area contributed by atoms with Crippen molar-refractivity contribution >= 4 is 17.5 Å². The molecule has 1 N–H and O–H groups in total. The van der Waals surface area contributed by atoms with Crippen LogP contribution < -0.4 is 24.4 Å². The van der Waals surface area contributed by atoms with Gasteiger partial charge in [-0.3, -0.25) is 4.79 Å². The highest BCUT2D eigenvalue weighted by atomic mass is 16.5. The lowest BCUT2D eigenvalue weighted by Crippen LogP contribution is -2.32. The maximum Gasteiger partial charge on any atom is 0.258 e. The van der Waals surface area contributed by atoms with Gasteiger partial charge in [0.05, 0.1) is 20.3 Å². The smallest absolute Gasteiger partial charge is 0.258 e. The largest absolute Gasteiger partial charge is 0.497 e. The van der Waals surface area contributed by atoms with E-state index in [4.69, 9.17) is 23.9 Å². The molecule has 2 aliphatic rings. The summed E-state index contributed by atoms with van der Waals surface area (Å²) in [6.07, 6.45) is 4.37. The van der Waals surface area contributed by atoms with Gasteiger partial charge in [0.1, 0.15) is 23.7 Å². The van der Waals surface area contributed by atoms with E-state index in [1.54, 1.807) is 14.2 Å². The molecule has 1 atom stereocenters. The van der Waals surface area contributed by atoms with Gasteiger partial charge in [-0.15, -0.1) is 0 Å². The summed E-state index contributed by atoms with van der Waals surface area (Å²) >= 11 is 0. The van der Waals surface area contributed by atoms with Crippen molar-refractivity contribution in [2.75, 3.05) is 38.8 Å². The second-order valence-electron chi connectivity index (χ2n) is 8.77. The van der Waals surface area contributed by atoms with E-state index in [2.05, 4.69) is 10.3 Å². The fraction of sp³-hybridized carbons (Fsp3) is 0.370. The number of methoxy groups -OCH3 is 2. The maximum absolute atomic E-state index is 13.1. The summed E-state index contributed by atoms with van der Waals surface area (Å²) in [6, 6.07) is 13.6. The van der Waals surface area contributed by atoms with Gasteiger partial charge in [0.15, 0.2) is 0 Å². The average molecular weight is 491 g/mol. The fourth-order valence-corrected chi connectivity index (χ4v) is 4.49. The number of amides is 1. The normalized spacial score (nSPS) is 16.5. The fourth-order valence-electron chi connectivity index (χ4n) is 4.49. The molecule has 3 heterocycles. The molecule has 0 saturated carbocycles.